The van der Waals surface area contributed by atoms with E-state index >= 15 is 0 Å². The highest BCUT2D eigenvalue weighted by atomic mass is 35.5. The maximum absolute atomic E-state index is 11.9. The molecule has 0 fully saturated rings. The molecule has 2 heterocycles. The van der Waals surface area contributed by atoms with Crippen LogP contribution in [0.3, 0.4) is 0 Å². The van der Waals surface area contributed by atoms with Crippen molar-refractivity contribution in [1.82, 2.24) is 10.2 Å². The fraction of sp³-hybridized carbons (Fsp3) is 0.0625. The maximum Gasteiger partial charge on any atom is 0.266 e. The zero-order valence-electron chi connectivity index (χ0n) is 12.2. The summed E-state index contributed by atoms with van der Waals surface area (Å²) in [6.07, 6.45) is 0. The normalized spacial score (nSPS) is 10.3. The zero-order valence-corrected chi connectivity index (χ0v) is 13.8. The highest BCUT2D eigenvalue weighted by Gasteiger charge is 2.08. The van der Waals surface area contributed by atoms with Crippen LogP contribution >= 0.6 is 22.9 Å². The molecule has 0 saturated heterocycles. The van der Waals surface area contributed by atoms with Gasteiger partial charge in [-0.15, -0.1) is 21.5 Å². The van der Waals surface area contributed by atoms with Crippen LogP contribution < -0.4 is 10.6 Å². The van der Waals surface area contributed by atoms with Gasteiger partial charge in [-0.2, -0.15) is 0 Å². The average Bonchev–Trinajstić information content (AvgIpc) is 3.07. The van der Waals surface area contributed by atoms with Crippen LogP contribution in [-0.4, -0.2) is 16.1 Å². The summed E-state index contributed by atoms with van der Waals surface area (Å²) in [5, 5.41) is 16.4. The number of thiophene rings is 1. The molecular formula is C16H13ClN4OS. The lowest BCUT2D eigenvalue weighted by Gasteiger charge is -2.07. The van der Waals surface area contributed by atoms with E-state index in [0.29, 0.717) is 21.5 Å². The molecule has 0 spiro atoms. The van der Waals surface area contributed by atoms with Crippen LogP contribution in [0.15, 0.2) is 47.8 Å². The fourth-order valence-corrected chi connectivity index (χ4v) is 2.67. The molecule has 0 aliphatic rings. The molecule has 0 aliphatic carbocycles. The molecule has 0 aliphatic heterocycles. The van der Waals surface area contributed by atoms with E-state index in [4.69, 9.17) is 11.6 Å². The molecule has 1 aromatic carbocycles. The summed E-state index contributed by atoms with van der Waals surface area (Å²) in [5.74, 6) is 0.773. The van der Waals surface area contributed by atoms with E-state index in [-0.39, 0.29) is 5.91 Å². The lowest BCUT2D eigenvalue weighted by molar-refractivity contribution is 0.103. The molecule has 0 saturated carbocycles. The van der Waals surface area contributed by atoms with Gasteiger partial charge in [-0.3, -0.25) is 4.79 Å². The minimum absolute atomic E-state index is 0.194. The van der Waals surface area contributed by atoms with E-state index in [0.717, 1.165) is 11.3 Å². The molecule has 23 heavy (non-hydrogen) atoms. The summed E-state index contributed by atoms with van der Waals surface area (Å²) in [6.45, 7) is 1.94. The van der Waals surface area contributed by atoms with Gasteiger partial charge in [-0.05, 0) is 48.2 Å². The first-order valence-corrected chi connectivity index (χ1v) is 8.09. The first-order valence-electron chi connectivity index (χ1n) is 6.83. The molecule has 7 heteroatoms. The molecule has 0 atom stereocenters. The van der Waals surface area contributed by atoms with Crippen LogP contribution in [0, 0.1) is 6.92 Å². The number of amides is 1. The number of carbonyl (C=O) groups excluding carboxylic acids is 1. The van der Waals surface area contributed by atoms with Crippen molar-refractivity contribution in [3.05, 3.63) is 63.3 Å². The molecule has 3 aromatic rings. The van der Waals surface area contributed by atoms with Crippen LogP contribution in [0.25, 0.3) is 0 Å². The predicted octanol–water partition coefficient (Wildman–Crippen LogP) is 4.50. The Morgan fingerprint density at radius 3 is 2.57 bits per heavy atom. The second kappa shape index (κ2) is 6.76. The number of hydrogen-bond acceptors (Lipinski definition) is 5. The van der Waals surface area contributed by atoms with Gasteiger partial charge in [0.05, 0.1) is 4.88 Å². The topological polar surface area (TPSA) is 66.9 Å². The highest BCUT2D eigenvalue weighted by molar-refractivity contribution is 7.12. The molecule has 5 nitrogen and oxygen atoms in total. The summed E-state index contributed by atoms with van der Waals surface area (Å²) in [4.78, 5) is 12.5. The van der Waals surface area contributed by atoms with Gasteiger partial charge in [0.2, 0.25) is 0 Å². The molecule has 0 bridgehead atoms. The third kappa shape index (κ3) is 3.85. The van der Waals surface area contributed by atoms with E-state index in [1.54, 1.807) is 18.2 Å². The lowest BCUT2D eigenvalue weighted by Crippen LogP contribution is -2.12. The van der Waals surface area contributed by atoms with E-state index in [2.05, 4.69) is 20.8 Å². The van der Waals surface area contributed by atoms with Crippen molar-refractivity contribution >= 4 is 46.2 Å². The van der Waals surface area contributed by atoms with E-state index in [1.165, 1.54) is 11.3 Å². The monoisotopic (exact) mass is 344 g/mol. The van der Waals surface area contributed by atoms with Gasteiger partial charge in [0.15, 0.2) is 11.6 Å². The number of aromatic nitrogens is 2. The zero-order chi connectivity index (χ0) is 16.2. The second-order valence-corrected chi connectivity index (χ2v) is 6.18. The summed E-state index contributed by atoms with van der Waals surface area (Å²) in [7, 11) is 0. The van der Waals surface area contributed by atoms with Crippen LogP contribution in [0.5, 0.6) is 0 Å². The Labute approximate surface area is 142 Å². The van der Waals surface area contributed by atoms with Crippen molar-refractivity contribution in [2.24, 2.45) is 0 Å². The SMILES string of the molecule is Cc1ccc(Nc2ccc(NC(=O)c3cccs3)nn2)cc1Cl. The van der Waals surface area contributed by atoms with Gasteiger partial charge in [0.1, 0.15) is 0 Å². The van der Waals surface area contributed by atoms with Crippen molar-refractivity contribution in [2.45, 2.75) is 6.92 Å². The largest absolute Gasteiger partial charge is 0.339 e. The Morgan fingerprint density at radius 1 is 1.13 bits per heavy atom. The molecule has 0 radical (unpaired) electrons. The first kappa shape index (κ1) is 15.5. The number of nitrogens with zero attached hydrogens (tertiary/aromatic N) is 2. The molecule has 2 aromatic heterocycles. The number of nitrogens with one attached hydrogen (secondary N) is 2. The first-order chi connectivity index (χ1) is 11.1. The number of aryl methyl sites for hydroxylation is 1. The summed E-state index contributed by atoms with van der Waals surface area (Å²) in [5.41, 5.74) is 1.83. The van der Waals surface area contributed by atoms with E-state index < -0.39 is 0 Å². The Hall–Kier alpha value is -2.44. The Bertz CT molecular complexity index is 819. The van der Waals surface area contributed by atoms with Crippen molar-refractivity contribution in [3.8, 4) is 0 Å². The third-order valence-electron chi connectivity index (χ3n) is 3.10. The van der Waals surface area contributed by atoms with Crippen LogP contribution in [-0.2, 0) is 0 Å². The standard InChI is InChI=1S/C16H13ClN4OS/c1-10-4-5-11(9-12(10)17)18-14-6-7-15(21-20-14)19-16(22)13-3-2-8-23-13/h2-9H,1H3,(H,18,20)(H,19,21,22). The van der Waals surface area contributed by atoms with Crippen molar-refractivity contribution in [1.29, 1.82) is 0 Å². The fourth-order valence-electron chi connectivity index (χ4n) is 1.87. The molecule has 2 N–H and O–H groups in total. The molecule has 3 rings (SSSR count). The molecule has 0 unspecified atom stereocenters. The minimum Gasteiger partial charge on any atom is -0.339 e. The van der Waals surface area contributed by atoms with Crippen LogP contribution in [0.4, 0.5) is 17.3 Å². The Morgan fingerprint density at radius 2 is 1.91 bits per heavy atom. The molecule has 1 amide bonds. The minimum atomic E-state index is -0.194. The number of benzene rings is 1. The average molecular weight is 345 g/mol. The van der Waals surface area contributed by atoms with E-state index in [9.17, 15) is 4.79 Å². The van der Waals surface area contributed by atoms with Gasteiger partial charge in [-0.25, -0.2) is 0 Å². The maximum atomic E-state index is 11.9. The van der Waals surface area contributed by atoms with Gasteiger partial charge in [0.25, 0.3) is 5.91 Å². The van der Waals surface area contributed by atoms with Crippen molar-refractivity contribution in [3.63, 3.8) is 0 Å². The third-order valence-corrected chi connectivity index (χ3v) is 4.37. The summed E-state index contributed by atoms with van der Waals surface area (Å²) < 4.78 is 0. The van der Waals surface area contributed by atoms with Crippen LogP contribution in [0.1, 0.15) is 15.2 Å². The van der Waals surface area contributed by atoms with Crippen LogP contribution in [0.2, 0.25) is 5.02 Å². The predicted molar refractivity (Wildman–Crippen MR) is 93.8 cm³/mol. The van der Waals surface area contributed by atoms with Gasteiger partial charge < -0.3 is 10.6 Å². The molecule has 116 valence electrons. The number of hydrogen-bond donors (Lipinski definition) is 2. The smallest absolute Gasteiger partial charge is 0.266 e. The Balaban J connectivity index is 1.67. The van der Waals surface area contributed by atoms with Crippen molar-refractivity contribution in [2.75, 3.05) is 10.6 Å². The highest BCUT2D eigenvalue weighted by Crippen LogP contribution is 2.22. The lowest BCUT2D eigenvalue weighted by atomic mass is 10.2. The number of halogens is 1. The quantitative estimate of drug-likeness (QED) is 0.731. The Kier molecular flexibility index (Phi) is 4.55. The van der Waals surface area contributed by atoms with Gasteiger partial charge >= 0.3 is 0 Å². The number of anilines is 3. The van der Waals surface area contributed by atoms with Gasteiger partial charge in [-0.1, -0.05) is 23.7 Å². The summed E-state index contributed by atoms with van der Waals surface area (Å²) in [6, 6.07) is 12.7. The van der Waals surface area contributed by atoms with Gasteiger partial charge in [0, 0.05) is 10.7 Å². The van der Waals surface area contributed by atoms with Crippen molar-refractivity contribution < 1.29 is 4.79 Å². The number of rotatable bonds is 4. The second-order valence-electron chi connectivity index (χ2n) is 4.82. The van der Waals surface area contributed by atoms with E-state index in [1.807, 2.05) is 36.6 Å². The summed E-state index contributed by atoms with van der Waals surface area (Å²) >= 11 is 7.46. The molecular weight excluding hydrogens is 332 g/mol. The number of carbonyl (C=O) groups is 1.